The number of para-hydroxylation sites is 1. The average Bonchev–Trinajstić information content (AvgIpc) is 3.04. The first-order chi connectivity index (χ1) is 14.5. The number of hydrogen-bond acceptors (Lipinski definition) is 6. The lowest BCUT2D eigenvalue weighted by molar-refractivity contribution is 0.317. The van der Waals surface area contributed by atoms with Crippen LogP contribution in [0.5, 0.6) is 5.75 Å². The summed E-state index contributed by atoms with van der Waals surface area (Å²) in [4.78, 5) is 29.7. The molecular weight excluding hydrogens is 422 g/mol. The zero-order valence-corrected chi connectivity index (χ0v) is 17.7. The summed E-state index contributed by atoms with van der Waals surface area (Å²) in [6.45, 7) is 2.62. The van der Waals surface area contributed by atoms with Gasteiger partial charge in [-0.05, 0) is 36.3 Å². The molecule has 0 fully saturated rings. The second-order valence-corrected chi connectivity index (χ2v) is 8.11. The van der Waals surface area contributed by atoms with Crippen LogP contribution in [0.4, 0.5) is 0 Å². The standard InChI is InChI=1S/C22H18ClN3O3S/c1-2-11-29-18-6-4-3-5-15(18)13-19-21(28)26-22(30-19)24-20(27)17(25-26)12-14-7-9-16(23)10-8-14/h3-10,13H,2,11-12H2,1H3. The molecule has 0 amide bonds. The molecule has 0 N–H and O–H groups in total. The number of fused-ring (bicyclic) bond motifs is 1. The molecule has 6 nitrogen and oxygen atoms in total. The summed E-state index contributed by atoms with van der Waals surface area (Å²) in [5.74, 6) is 0.704. The van der Waals surface area contributed by atoms with E-state index in [1.807, 2.05) is 43.3 Å². The number of aromatic nitrogens is 3. The normalized spacial score (nSPS) is 11.9. The number of hydrogen-bond donors (Lipinski definition) is 0. The van der Waals surface area contributed by atoms with Crippen LogP contribution in [0.1, 0.15) is 30.2 Å². The van der Waals surface area contributed by atoms with Gasteiger partial charge in [0.05, 0.1) is 11.1 Å². The lowest BCUT2D eigenvalue weighted by Gasteiger charge is -2.07. The molecule has 4 aromatic rings. The van der Waals surface area contributed by atoms with E-state index in [1.165, 1.54) is 4.52 Å². The fourth-order valence-electron chi connectivity index (χ4n) is 2.93. The van der Waals surface area contributed by atoms with E-state index in [4.69, 9.17) is 16.3 Å². The van der Waals surface area contributed by atoms with Crippen molar-refractivity contribution in [2.75, 3.05) is 6.61 Å². The van der Waals surface area contributed by atoms with Gasteiger partial charge in [-0.2, -0.15) is 14.6 Å². The molecule has 2 aromatic heterocycles. The fraction of sp³-hybridized carbons (Fsp3) is 0.182. The van der Waals surface area contributed by atoms with E-state index in [-0.39, 0.29) is 22.6 Å². The van der Waals surface area contributed by atoms with Crippen LogP contribution in [0.3, 0.4) is 0 Å². The highest BCUT2D eigenvalue weighted by Gasteiger charge is 2.12. The quantitative estimate of drug-likeness (QED) is 0.461. The van der Waals surface area contributed by atoms with Crippen LogP contribution in [0.25, 0.3) is 11.0 Å². The summed E-state index contributed by atoms with van der Waals surface area (Å²) in [6, 6.07) is 14.6. The van der Waals surface area contributed by atoms with E-state index in [2.05, 4.69) is 10.1 Å². The van der Waals surface area contributed by atoms with E-state index in [0.717, 1.165) is 28.9 Å². The second kappa shape index (κ2) is 8.77. The van der Waals surface area contributed by atoms with Gasteiger partial charge in [0.1, 0.15) is 11.4 Å². The van der Waals surface area contributed by atoms with Crippen LogP contribution in [0, 0.1) is 0 Å². The summed E-state index contributed by atoms with van der Waals surface area (Å²) in [5, 5.41) is 4.89. The molecule has 0 aliphatic heterocycles. The van der Waals surface area contributed by atoms with Crippen LogP contribution < -0.4 is 20.4 Å². The molecule has 0 atom stereocenters. The first-order valence-electron chi connectivity index (χ1n) is 9.46. The molecule has 8 heteroatoms. The predicted molar refractivity (Wildman–Crippen MR) is 119 cm³/mol. The largest absolute Gasteiger partial charge is 0.493 e. The predicted octanol–water partition coefficient (Wildman–Crippen LogP) is 3.09. The minimum atomic E-state index is -0.440. The van der Waals surface area contributed by atoms with E-state index in [0.29, 0.717) is 21.9 Å². The summed E-state index contributed by atoms with van der Waals surface area (Å²) in [7, 11) is 0. The van der Waals surface area contributed by atoms with Gasteiger partial charge in [0, 0.05) is 17.0 Å². The van der Waals surface area contributed by atoms with Gasteiger partial charge in [-0.25, -0.2) is 0 Å². The summed E-state index contributed by atoms with van der Waals surface area (Å²) in [5.41, 5.74) is 1.11. The van der Waals surface area contributed by atoms with Crippen molar-refractivity contribution in [3.05, 3.63) is 95.6 Å². The maximum absolute atomic E-state index is 12.9. The van der Waals surface area contributed by atoms with Gasteiger partial charge in [0.25, 0.3) is 11.1 Å². The Hall–Kier alpha value is -3.03. The topological polar surface area (TPSA) is 73.6 Å². The van der Waals surface area contributed by atoms with Crippen molar-refractivity contribution in [1.29, 1.82) is 0 Å². The average molecular weight is 440 g/mol. The lowest BCUT2D eigenvalue weighted by atomic mass is 10.1. The smallest absolute Gasteiger partial charge is 0.296 e. The van der Waals surface area contributed by atoms with Gasteiger partial charge in [0.15, 0.2) is 0 Å². The van der Waals surface area contributed by atoms with Crippen LogP contribution in [0.15, 0.2) is 58.1 Å². The monoisotopic (exact) mass is 439 g/mol. The van der Waals surface area contributed by atoms with Crippen molar-refractivity contribution >= 4 is 34.0 Å². The zero-order valence-electron chi connectivity index (χ0n) is 16.2. The molecule has 2 aromatic carbocycles. The first-order valence-corrected chi connectivity index (χ1v) is 10.7. The molecule has 4 rings (SSSR count). The van der Waals surface area contributed by atoms with Crippen molar-refractivity contribution in [3.63, 3.8) is 0 Å². The van der Waals surface area contributed by atoms with Gasteiger partial charge in [-0.1, -0.05) is 60.2 Å². The molecule has 0 unspecified atom stereocenters. The Bertz CT molecular complexity index is 1360. The SMILES string of the molecule is CCCOc1ccccc1C=c1sc2nc(=O)c(Cc3ccc(Cl)cc3)nn2c1=O. The first kappa shape index (κ1) is 20.3. The third-order valence-electron chi connectivity index (χ3n) is 4.40. The van der Waals surface area contributed by atoms with Crippen LogP contribution in [-0.2, 0) is 6.42 Å². The Morgan fingerprint density at radius 1 is 1.13 bits per heavy atom. The minimum Gasteiger partial charge on any atom is -0.493 e. The molecular formula is C22H18ClN3O3S. The van der Waals surface area contributed by atoms with E-state index in [1.54, 1.807) is 18.2 Å². The molecule has 30 heavy (non-hydrogen) atoms. The van der Waals surface area contributed by atoms with Crippen molar-refractivity contribution in [3.8, 4) is 5.75 Å². The van der Waals surface area contributed by atoms with E-state index < -0.39 is 5.56 Å². The molecule has 0 bridgehead atoms. The maximum atomic E-state index is 12.9. The molecule has 0 radical (unpaired) electrons. The summed E-state index contributed by atoms with van der Waals surface area (Å²) in [6.07, 6.45) is 2.90. The van der Waals surface area contributed by atoms with Crippen molar-refractivity contribution in [1.82, 2.24) is 14.6 Å². The molecule has 0 spiro atoms. The molecule has 2 heterocycles. The lowest BCUT2D eigenvalue weighted by Crippen LogP contribution is -2.28. The van der Waals surface area contributed by atoms with Crippen molar-refractivity contribution < 1.29 is 4.74 Å². The Morgan fingerprint density at radius 2 is 1.90 bits per heavy atom. The Labute approximate surface area is 181 Å². The summed E-state index contributed by atoms with van der Waals surface area (Å²) < 4.78 is 7.39. The highest BCUT2D eigenvalue weighted by atomic mass is 35.5. The highest BCUT2D eigenvalue weighted by Crippen LogP contribution is 2.19. The number of nitrogens with zero attached hydrogens (tertiary/aromatic N) is 3. The zero-order chi connectivity index (χ0) is 21.1. The van der Waals surface area contributed by atoms with Crippen molar-refractivity contribution in [2.24, 2.45) is 0 Å². The Morgan fingerprint density at radius 3 is 2.67 bits per heavy atom. The number of halogens is 1. The molecule has 0 saturated heterocycles. The second-order valence-electron chi connectivity index (χ2n) is 6.66. The van der Waals surface area contributed by atoms with Gasteiger partial charge in [0.2, 0.25) is 4.96 Å². The maximum Gasteiger partial charge on any atom is 0.296 e. The summed E-state index contributed by atoms with van der Waals surface area (Å²) >= 11 is 7.04. The number of ether oxygens (including phenoxy) is 1. The Balaban J connectivity index is 1.76. The highest BCUT2D eigenvalue weighted by molar-refractivity contribution is 7.15. The van der Waals surface area contributed by atoms with Crippen LogP contribution in [0.2, 0.25) is 5.02 Å². The molecule has 0 aliphatic carbocycles. The number of thiazole rings is 1. The molecule has 152 valence electrons. The fourth-order valence-corrected chi connectivity index (χ4v) is 3.95. The van der Waals surface area contributed by atoms with Gasteiger partial charge >= 0.3 is 0 Å². The molecule has 0 aliphatic rings. The van der Waals surface area contributed by atoms with E-state index in [9.17, 15) is 9.59 Å². The third kappa shape index (κ3) is 4.27. The Kier molecular flexibility index (Phi) is 5.92. The van der Waals surface area contributed by atoms with Crippen LogP contribution >= 0.6 is 22.9 Å². The number of benzene rings is 2. The number of rotatable bonds is 6. The third-order valence-corrected chi connectivity index (χ3v) is 5.61. The van der Waals surface area contributed by atoms with Crippen molar-refractivity contribution in [2.45, 2.75) is 19.8 Å². The van der Waals surface area contributed by atoms with Gasteiger partial charge in [-0.15, -0.1) is 0 Å². The van der Waals surface area contributed by atoms with E-state index >= 15 is 0 Å². The van der Waals surface area contributed by atoms with Gasteiger partial charge in [-0.3, -0.25) is 9.59 Å². The minimum absolute atomic E-state index is 0.211. The van der Waals surface area contributed by atoms with Crippen LogP contribution in [-0.4, -0.2) is 21.2 Å². The molecule has 0 saturated carbocycles. The van der Waals surface area contributed by atoms with Gasteiger partial charge < -0.3 is 4.74 Å².